The van der Waals surface area contributed by atoms with Crippen LogP contribution >= 0.6 is 0 Å². The molecule has 1 unspecified atom stereocenters. The first-order chi connectivity index (χ1) is 17.6. The van der Waals surface area contributed by atoms with Crippen molar-refractivity contribution in [2.45, 2.75) is 60.9 Å². The molecule has 1 aromatic carbocycles. The van der Waals surface area contributed by atoms with Gasteiger partial charge in [0.2, 0.25) is 11.2 Å². The third-order valence-corrected chi connectivity index (χ3v) is 5.81. The van der Waals surface area contributed by atoms with Crippen molar-refractivity contribution in [1.29, 1.82) is 0 Å². The third kappa shape index (κ3) is 7.16. The average Bonchev–Trinajstić information content (AvgIpc) is 3.22. The summed E-state index contributed by atoms with van der Waals surface area (Å²) in [5.74, 6) is 1.78. The lowest BCUT2D eigenvalue weighted by atomic mass is 10.1. The van der Waals surface area contributed by atoms with Crippen LogP contribution in [0.3, 0.4) is 0 Å². The summed E-state index contributed by atoms with van der Waals surface area (Å²) in [6, 6.07) is 8.65. The van der Waals surface area contributed by atoms with Crippen LogP contribution in [0.25, 0.3) is 5.82 Å². The molecule has 0 radical (unpaired) electrons. The number of anilines is 1. The standard InChI is InChI=1S/C22H25N7O3S.2C2H6/c1-13-11-25-14(2)29(13)18-10-15(8-9-24-18)21(30)26-22(3,4)12-32-17-7-5-6-16-19(17)20(23)28-33(31)27-16;2*1-2/h5-11,27H,12H2,1-4H3,(H2,23,28)(H,26,30);2*1-2H3. The number of benzene rings is 1. The van der Waals surface area contributed by atoms with Gasteiger partial charge in [-0.3, -0.25) is 14.1 Å². The molecular weight excluding hydrogens is 490 g/mol. The average molecular weight is 528 g/mol. The Morgan fingerprint density at radius 3 is 2.51 bits per heavy atom. The number of aryl methyl sites for hydroxylation is 2. The van der Waals surface area contributed by atoms with E-state index in [0.29, 0.717) is 28.4 Å². The highest BCUT2D eigenvalue weighted by Gasteiger charge is 2.25. The predicted molar refractivity (Wildman–Crippen MR) is 150 cm³/mol. The second kappa shape index (κ2) is 13.0. The molecule has 0 fully saturated rings. The molecule has 1 aliphatic rings. The number of carbonyl (C=O) groups is 1. The van der Waals surface area contributed by atoms with Crippen molar-refractivity contribution in [3.63, 3.8) is 0 Å². The molecule has 4 rings (SSSR count). The van der Waals surface area contributed by atoms with Crippen molar-refractivity contribution in [3.05, 3.63) is 65.4 Å². The summed E-state index contributed by atoms with van der Waals surface area (Å²) in [6.07, 6.45) is 3.36. The number of nitrogens with two attached hydrogens (primary N) is 1. The van der Waals surface area contributed by atoms with Crippen molar-refractivity contribution in [3.8, 4) is 11.6 Å². The van der Waals surface area contributed by atoms with E-state index in [2.05, 4.69) is 24.4 Å². The molecule has 0 saturated carbocycles. The second-order valence-corrected chi connectivity index (χ2v) is 9.20. The Morgan fingerprint density at radius 1 is 1.16 bits per heavy atom. The second-order valence-electron chi connectivity index (χ2n) is 8.32. The van der Waals surface area contributed by atoms with Gasteiger partial charge in [0, 0.05) is 23.7 Å². The number of hydrogen-bond donors (Lipinski definition) is 3. The highest BCUT2D eigenvalue weighted by molar-refractivity contribution is 7.85. The minimum Gasteiger partial charge on any atom is -0.490 e. The zero-order chi connectivity index (χ0) is 27.8. The van der Waals surface area contributed by atoms with Crippen LogP contribution in [0.15, 0.2) is 47.1 Å². The summed E-state index contributed by atoms with van der Waals surface area (Å²) in [4.78, 5) is 21.6. The van der Waals surface area contributed by atoms with Crippen LogP contribution in [0.2, 0.25) is 0 Å². The lowest BCUT2D eigenvalue weighted by Gasteiger charge is -2.27. The molecule has 0 bridgehead atoms. The Kier molecular flexibility index (Phi) is 10.4. The summed E-state index contributed by atoms with van der Waals surface area (Å²) in [5, 5.41) is 3.00. The number of imidazole rings is 1. The smallest absolute Gasteiger partial charge is 0.252 e. The lowest BCUT2D eigenvalue weighted by Crippen LogP contribution is -2.48. The van der Waals surface area contributed by atoms with E-state index >= 15 is 0 Å². The molecule has 3 heterocycles. The van der Waals surface area contributed by atoms with Gasteiger partial charge in [0.15, 0.2) is 0 Å². The van der Waals surface area contributed by atoms with Crippen molar-refractivity contribution in [2.75, 3.05) is 11.3 Å². The zero-order valence-corrected chi connectivity index (χ0v) is 23.6. The summed E-state index contributed by atoms with van der Waals surface area (Å²) in [6.45, 7) is 15.7. The molecule has 37 heavy (non-hydrogen) atoms. The normalized spacial score (nSPS) is 13.9. The minimum atomic E-state index is -1.62. The van der Waals surface area contributed by atoms with Gasteiger partial charge in [-0.25, -0.2) is 14.2 Å². The molecule has 0 saturated heterocycles. The van der Waals surface area contributed by atoms with Gasteiger partial charge in [-0.2, -0.15) is 4.40 Å². The number of hydrogen-bond acceptors (Lipinski definition) is 6. The van der Waals surface area contributed by atoms with Gasteiger partial charge in [0.05, 0.1) is 16.8 Å². The van der Waals surface area contributed by atoms with Crippen molar-refractivity contribution < 1.29 is 13.7 Å². The largest absolute Gasteiger partial charge is 0.490 e. The fourth-order valence-corrected chi connectivity index (χ4v) is 4.19. The molecule has 10 nitrogen and oxygen atoms in total. The van der Waals surface area contributed by atoms with E-state index in [1.165, 1.54) is 0 Å². The molecule has 3 aromatic rings. The van der Waals surface area contributed by atoms with Crippen molar-refractivity contribution in [1.82, 2.24) is 19.9 Å². The van der Waals surface area contributed by atoms with Crippen LogP contribution in [-0.2, 0) is 11.2 Å². The number of nitrogens with zero attached hydrogens (tertiary/aromatic N) is 4. The molecule has 200 valence electrons. The zero-order valence-electron chi connectivity index (χ0n) is 22.7. The number of aromatic nitrogens is 3. The van der Waals surface area contributed by atoms with Crippen LogP contribution in [0.5, 0.6) is 5.75 Å². The number of amidine groups is 1. The number of nitrogens with one attached hydrogen (secondary N) is 2. The summed E-state index contributed by atoms with van der Waals surface area (Å²) in [7, 11) is 0. The quantitative estimate of drug-likeness (QED) is 0.439. The topological polar surface area (TPSA) is 137 Å². The number of fused-ring (bicyclic) bond motifs is 1. The first-order valence-electron chi connectivity index (χ1n) is 12.2. The number of rotatable bonds is 6. The van der Waals surface area contributed by atoms with Gasteiger partial charge in [0.25, 0.3) is 5.91 Å². The Balaban J connectivity index is 0.00000115. The van der Waals surface area contributed by atoms with Crippen LogP contribution < -0.4 is 20.5 Å². The van der Waals surface area contributed by atoms with Crippen LogP contribution in [0.1, 0.15) is 69.0 Å². The number of carbonyl (C=O) groups excluding carboxylic acids is 1. The fraction of sp³-hybridized carbons (Fsp3) is 0.385. The van der Waals surface area contributed by atoms with Gasteiger partial charge in [-0.05, 0) is 52.0 Å². The van der Waals surface area contributed by atoms with E-state index in [1.54, 1.807) is 42.7 Å². The summed E-state index contributed by atoms with van der Waals surface area (Å²) >= 11 is -1.62. The highest BCUT2D eigenvalue weighted by atomic mass is 32.2. The monoisotopic (exact) mass is 527 g/mol. The number of pyridine rings is 1. The lowest BCUT2D eigenvalue weighted by molar-refractivity contribution is 0.0880. The van der Waals surface area contributed by atoms with Crippen LogP contribution in [0.4, 0.5) is 5.69 Å². The van der Waals surface area contributed by atoms with Crippen molar-refractivity contribution >= 4 is 28.6 Å². The Bertz CT molecular complexity index is 1270. The Morgan fingerprint density at radius 2 is 1.86 bits per heavy atom. The van der Waals surface area contributed by atoms with Gasteiger partial charge in [-0.15, -0.1) is 0 Å². The van der Waals surface area contributed by atoms with Crippen LogP contribution in [0, 0.1) is 13.8 Å². The maximum absolute atomic E-state index is 13.0. The molecule has 4 N–H and O–H groups in total. The summed E-state index contributed by atoms with van der Waals surface area (Å²) < 4.78 is 26.2. The number of ether oxygens (including phenoxy) is 1. The molecule has 0 spiro atoms. The van der Waals surface area contributed by atoms with Crippen LogP contribution in [-0.4, -0.2) is 42.6 Å². The maximum atomic E-state index is 13.0. The van der Waals surface area contributed by atoms with E-state index in [9.17, 15) is 9.00 Å². The first-order valence-corrected chi connectivity index (χ1v) is 13.3. The number of amides is 1. The first kappa shape index (κ1) is 29.5. The molecule has 1 amide bonds. The molecule has 2 aromatic heterocycles. The molecule has 11 heteroatoms. The Labute approximate surface area is 221 Å². The van der Waals surface area contributed by atoms with Gasteiger partial charge in [-0.1, -0.05) is 33.8 Å². The van der Waals surface area contributed by atoms with Gasteiger partial charge < -0.3 is 15.8 Å². The van der Waals surface area contributed by atoms with E-state index < -0.39 is 16.7 Å². The van der Waals surface area contributed by atoms with Crippen molar-refractivity contribution in [2.24, 2.45) is 10.1 Å². The third-order valence-electron chi connectivity index (χ3n) is 5.05. The molecule has 0 aliphatic carbocycles. The SMILES string of the molecule is CC.CC.Cc1cnc(C)n1-c1cc(C(=O)NC(C)(C)COc2cccc3c2C(N)=NS(=O)N3)ccn1. The minimum absolute atomic E-state index is 0.133. The molecule has 1 aliphatic heterocycles. The maximum Gasteiger partial charge on any atom is 0.252 e. The highest BCUT2D eigenvalue weighted by Crippen LogP contribution is 2.30. The van der Waals surface area contributed by atoms with E-state index in [1.807, 2.05) is 60.0 Å². The van der Waals surface area contributed by atoms with Gasteiger partial charge >= 0.3 is 0 Å². The Hall–Kier alpha value is -3.73. The fourth-order valence-electron chi connectivity index (χ4n) is 3.51. The van der Waals surface area contributed by atoms with E-state index in [4.69, 9.17) is 10.5 Å². The summed E-state index contributed by atoms with van der Waals surface area (Å²) in [5.41, 5.74) is 7.78. The molecular formula is C26H37N7O3S. The molecule has 1 atom stereocenters. The van der Waals surface area contributed by atoms with E-state index in [0.717, 1.165) is 11.5 Å². The van der Waals surface area contributed by atoms with E-state index in [-0.39, 0.29) is 18.3 Å². The van der Waals surface area contributed by atoms with Gasteiger partial charge in [0.1, 0.15) is 29.8 Å². The predicted octanol–water partition coefficient (Wildman–Crippen LogP) is 4.23.